The van der Waals surface area contributed by atoms with E-state index in [9.17, 15) is 23.1 Å². The number of aliphatic hydroxyl groups excluding tert-OH is 1. The van der Waals surface area contributed by atoms with Crippen molar-refractivity contribution in [2.45, 2.75) is 38.7 Å². The number of hydrogen-bond acceptors (Lipinski definition) is 4. The monoisotopic (exact) mass is 431 g/mol. The van der Waals surface area contributed by atoms with Crippen LogP contribution >= 0.6 is 11.6 Å². The van der Waals surface area contributed by atoms with E-state index < -0.39 is 29.5 Å². The minimum absolute atomic E-state index is 0.0429. The van der Waals surface area contributed by atoms with Gasteiger partial charge in [-0.1, -0.05) is 23.7 Å². The molecule has 2 aromatic carbocycles. The molecule has 29 heavy (non-hydrogen) atoms. The second kappa shape index (κ2) is 8.51. The largest absolute Gasteiger partial charge is 0.495 e. The Morgan fingerprint density at radius 3 is 2.34 bits per heavy atom. The summed E-state index contributed by atoms with van der Waals surface area (Å²) in [7, 11) is 1.37. The molecule has 0 bridgehead atoms. The van der Waals surface area contributed by atoms with Gasteiger partial charge in [-0.15, -0.1) is 0 Å². The molecule has 9 heteroatoms. The summed E-state index contributed by atoms with van der Waals surface area (Å²) < 4.78 is 49.9. The molecule has 2 N–H and O–H groups in total. The van der Waals surface area contributed by atoms with Crippen molar-refractivity contribution in [2.75, 3.05) is 12.4 Å². The zero-order valence-electron chi connectivity index (χ0n) is 16.2. The predicted molar refractivity (Wildman–Crippen MR) is 103 cm³/mol. The van der Waals surface area contributed by atoms with Gasteiger partial charge in [-0.2, -0.15) is 13.2 Å². The number of carbonyl (C=O) groups excluding carboxylic acids is 1. The van der Waals surface area contributed by atoms with Crippen molar-refractivity contribution in [1.82, 2.24) is 0 Å². The number of benzene rings is 2. The Labute approximate surface area is 171 Å². The fraction of sp³-hybridized carbons (Fsp3) is 0.350. The fourth-order valence-corrected chi connectivity index (χ4v) is 2.86. The Morgan fingerprint density at radius 2 is 1.79 bits per heavy atom. The number of aliphatic hydroxyl groups is 1. The standard InChI is InChI=1S/C20H21ClF3NO4/c1-19(2,3)29-18(27)25-14-9-8-11(20(22,23)24)10-13(14)17(26)12-6-5-7-15(28-4)16(12)21/h5-10,17,26H,1-4H3,(H,25,27). The van der Waals surface area contributed by atoms with E-state index in [0.717, 1.165) is 18.2 Å². The summed E-state index contributed by atoms with van der Waals surface area (Å²) in [5.41, 5.74) is -1.91. The SMILES string of the molecule is COc1cccc(C(O)c2cc(C(F)(F)F)ccc2NC(=O)OC(C)(C)C)c1Cl. The highest BCUT2D eigenvalue weighted by atomic mass is 35.5. The van der Waals surface area contributed by atoms with Gasteiger partial charge in [0.05, 0.1) is 23.4 Å². The molecule has 1 atom stereocenters. The van der Waals surface area contributed by atoms with Gasteiger partial charge in [0.2, 0.25) is 0 Å². The van der Waals surface area contributed by atoms with Gasteiger partial charge in [-0.25, -0.2) is 4.79 Å². The van der Waals surface area contributed by atoms with Crippen LogP contribution in [0.2, 0.25) is 5.02 Å². The third-order valence-electron chi connectivity index (χ3n) is 3.82. The summed E-state index contributed by atoms with van der Waals surface area (Å²) in [5, 5.41) is 13.2. The van der Waals surface area contributed by atoms with Crippen LogP contribution in [0.3, 0.4) is 0 Å². The smallest absolute Gasteiger partial charge is 0.416 e. The molecule has 0 saturated heterocycles. The molecule has 0 aliphatic carbocycles. The number of hydrogen-bond donors (Lipinski definition) is 2. The van der Waals surface area contributed by atoms with E-state index in [-0.39, 0.29) is 27.6 Å². The molecule has 0 aromatic heterocycles. The lowest BCUT2D eigenvalue weighted by Gasteiger charge is -2.23. The number of rotatable bonds is 4. The number of carbonyl (C=O) groups is 1. The average molecular weight is 432 g/mol. The summed E-state index contributed by atoms with van der Waals surface area (Å²) in [4.78, 5) is 12.1. The number of alkyl halides is 3. The molecule has 1 amide bonds. The quantitative estimate of drug-likeness (QED) is 0.642. The first-order chi connectivity index (χ1) is 13.3. The molecule has 0 aliphatic rings. The molecule has 5 nitrogen and oxygen atoms in total. The van der Waals surface area contributed by atoms with E-state index >= 15 is 0 Å². The van der Waals surface area contributed by atoms with Crippen molar-refractivity contribution in [2.24, 2.45) is 0 Å². The van der Waals surface area contributed by atoms with Crippen LogP contribution in [0.1, 0.15) is 43.6 Å². The normalized spacial score (nSPS) is 13.0. The first kappa shape index (κ1) is 22.8. The maximum atomic E-state index is 13.2. The lowest BCUT2D eigenvalue weighted by molar-refractivity contribution is -0.137. The average Bonchev–Trinajstić information content (AvgIpc) is 2.59. The Morgan fingerprint density at radius 1 is 1.14 bits per heavy atom. The van der Waals surface area contributed by atoms with Crippen molar-refractivity contribution in [3.63, 3.8) is 0 Å². The molecule has 0 fully saturated rings. The minimum atomic E-state index is -4.64. The molecular formula is C20H21ClF3NO4. The summed E-state index contributed by atoms with van der Waals surface area (Å²) >= 11 is 6.21. The van der Waals surface area contributed by atoms with Crippen LogP contribution in [0, 0.1) is 0 Å². The molecule has 0 aliphatic heterocycles. The zero-order chi connectivity index (χ0) is 22.0. The van der Waals surface area contributed by atoms with Gasteiger partial charge in [-0.3, -0.25) is 5.32 Å². The van der Waals surface area contributed by atoms with Gasteiger partial charge in [0, 0.05) is 11.1 Å². The van der Waals surface area contributed by atoms with Crippen LogP contribution in [0.5, 0.6) is 5.75 Å². The van der Waals surface area contributed by atoms with Crippen LogP contribution in [-0.4, -0.2) is 23.9 Å². The van der Waals surface area contributed by atoms with Crippen molar-refractivity contribution < 1.29 is 32.5 Å². The molecule has 0 spiro atoms. The maximum absolute atomic E-state index is 13.2. The number of halogens is 4. The van der Waals surface area contributed by atoms with Crippen LogP contribution in [-0.2, 0) is 10.9 Å². The van der Waals surface area contributed by atoms with E-state index in [1.54, 1.807) is 26.8 Å². The Balaban J connectivity index is 2.53. The second-order valence-electron chi connectivity index (χ2n) is 7.19. The summed E-state index contributed by atoms with van der Waals surface area (Å²) in [6.45, 7) is 4.93. The maximum Gasteiger partial charge on any atom is 0.416 e. The number of anilines is 1. The topological polar surface area (TPSA) is 67.8 Å². The van der Waals surface area contributed by atoms with E-state index in [2.05, 4.69) is 5.32 Å². The highest BCUT2D eigenvalue weighted by molar-refractivity contribution is 6.32. The molecule has 0 heterocycles. The van der Waals surface area contributed by atoms with E-state index in [1.165, 1.54) is 19.2 Å². The minimum Gasteiger partial charge on any atom is -0.495 e. The van der Waals surface area contributed by atoms with Gasteiger partial charge < -0.3 is 14.6 Å². The molecule has 158 valence electrons. The van der Waals surface area contributed by atoms with Gasteiger partial charge in [0.15, 0.2) is 0 Å². The van der Waals surface area contributed by atoms with E-state index in [1.807, 2.05) is 0 Å². The van der Waals surface area contributed by atoms with Crippen molar-refractivity contribution in [1.29, 1.82) is 0 Å². The molecule has 0 radical (unpaired) electrons. The Kier molecular flexibility index (Phi) is 6.70. The number of amides is 1. The number of ether oxygens (including phenoxy) is 2. The number of methoxy groups -OCH3 is 1. The number of nitrogens with one attached hydrogen (secondary N) is 1. The van der Waals surface area contributed by atoms with Crippen LogP contribution in [0.4, 0.5) is 23.7 Å². The van der Waals surface area contributed by atoms with Crippen LogP contribution in [0.25, 0.3) is 0 Å². The van der Waals surface area contributed by atoms with Gasteiger partial charge in [-0.05, 0) is 45.0 Å². The third kappa shape index (κ3) is 5.77. The van der Waals surface area contributed by atoms with Gasteiger partial charge >= 0.3 is 12.3 Å². The van der Waals surface area contributed by atoms with E-state index in [0.29, 0.717) is 0 Å². The molecule has 2 aromatic rings. The summed E-state index contributed by atoms with van der Waals surface area (Å²) in [5.74, 6) is 0.247. The Hall–Kier alpha value is -2.45. The third-order valence-corrected chi connectivity index (χ3v) is 4.22. The van der Waals surface area contributed by atoms with Crippen molar-refractivity contribution >= 4 is 23.4 Å². The first-order valence-corrected chi connectivity index (χ1v) is 8.93. The highest BCUT2D eigenvalue weighted by Crippen LogP contribution is 2.39. The second-order valence-corrected chi connectivity index (χ2v) is 7.57. The zero-order valence-corrected chi connectivity index (χ0v) is 17.0. The van der Waals surface area contributed by atoms with Crippen LogP contribution < -0.4 is 10.1 Å². The molecule has 0 saturated carbocycles. The van der Waals surface area contributed by atoms with Crippen molar-refractivity contribution in [3.05, 3.63) is 58.1 Å². The molecular weight excluding hydrogens is 411 g/mol. The van der Waals surface area contributed by atoms with Gasteiger partial charge in [0.25, 0.3) is 0 Å². The summed E-state index contributed by atoms with van der Waals surface area (Å²) in [6.07, 6.45) is -7.08. The Bertz CT molecular complexity index is 894. The first-order valence-electron chi connectivity index (χ1n) is 8.55. The molecule has 1 unspecified atom stereocenters. The lowest BCUT2D eigenvalue weighted by Crippen LogP contribution is -2.27. The predicted octanol–water partition coefficient (Wildman–Crippen LogP) is 5.80. The van der Waals surface area contributed by atoms with E-state index in [4.69, 9.17) is 21.1 Å². The fourth-order valence-electron chi connectivity index (χ4n) is 2.56. The van der Waals surface area contributed by atoms with Crippen molar-refractivity contribution in [3.8, 4) is 5.75 Å². The van der Waals surface area contributed by atoms with Gasteiger partial charge in [0.1, 0.15) is 17.5 Å². The summed E-state index contributed by atoms with van der Waals surface area (Å²) in [6, 6.07) is 7.15. The lowest BCUT2D eigenvalue weighted by atomic mass is 9.97. The highest BCUT2D eigenvalue weighted by Gasteiger charge is 2.32. The molecule has 2 rings (SSSR count). The van der Waals surface area contributed by atoms with Crippen LogP contribution in [0.15, 0.2) is 36.4 Å².